The van der Waals surface area contributed by atoms with Crippen LogP contribution in [0.4, 0.5) is 0 Å². The zero-order chi connectivity index (χ0) is 11.4. The van der Waals surface area contributed by atoms with E-state index in [0.29, 0.717) is 6.42 Å². The zero-order valence-corrected chi connectivity index (χ0v) is 9.67. The van der Waals surface area contributed by atoms with Gasteiger partial charge in [-0.05, 0) is 36.8 Å². The summed E-state index contributed by atoms with van der Waals surface area (Å²) in [5.41, 5.74) is 7.60. The molecule has 3 N–H and O–H groups in total. The molecule has 0 saturated carbocycles. The molecule has 0 aliphatic heterocycles. The second kappa shape index (κ2) is 5.19. The molecule has 0 saturated heterocycles. The van der Waals surface area contributed by atoms with Gasteiger partial charge in [0.25, 0.3) is 0 Å². The Labute approximate surface area is 93.7 Å². The van der Waals surface area contributed by atoms with Crippen LogP contribution in [0.2, 0.25) is 0 Å². The summed E-state index contributed by atoms with van der Waals surface area (Å²) in [6.07, 6.45) is 2.40. The van der Waals surface area contributed by atoms with Crippen LogP contribution in [0, 0.1) is 6.92 Å². The Morgan fingerprint density at radius 1 is 1.60 bits per heavy atom. The first kappa shape index (κ1) is 12.1. The molecule has 0 bridgehead atoms. The Kier molecular flexibility index (Phi) is 4.17. The highest BCUT2D eigenvalue weighted by molar-refractivity contribution is 7.98. The molecule has 0 aliphatic carbocycles. The fourth-order valence-electron chi connectivity index (χ4n) is 1.41. The van der Waals surface area contributed by atoms with Crippen molar-refractivity contribution in [3.05, 3.63) is 29.3 Å². The van der Waals surface area contributed by atoms with Crippen LogP contribution in [0.5, 0.6) is 0 Å². The summed E-state index contributed by atoms with van der Waals surface area (Å²) in [5, 5.41) is 8.68. The second-order valence-corrected chi connectivity index (χ2v) is 4.30. The van der Waals surface area contributed by atoms with Gasteiger partial charge in [0.2, 0.25) is 0 Å². The van der Waals surface area contributed by atoms with Crippen molar-refractivity contribution in [2.75, 3.05) is 6.26 Å². The highest BCUT2D eigenvalue weighted by Crippen LogP contribution is 2.21. The Bertz CT molecular complexity index is 366. The van der Waals surface area contributed by atoms with E-state index < -0.39 is 12.0 Å². The Hall–Kier alpha value is -1.00. The highest BCUT2D eigenvalue weighted by atomic mass is 32.2. The van der Waals surface area contributed by atoms with E-state index in [-0.39, 0.29) is 0 Å². The van der Waals surface area contributed by atoms with Crippen LogP contribution >= 0.6 is 11.8 Å². The molecule has 4 heteroatoms. The van der Waals surface area contributed by atoms with Crippen molar-refractivity contribution in [3.63, 3.8) is 0 Å². The number of aliphatic carboxylic acids is 1. The SMILES string of the molecule is CSc1ccc(CC(N)C(=O)O)cc1C. The van der Waals surface area contributed by atoms with Crippen molar-refractivity contribution in [1.82, 2.24) is 0 Å². The lowest BCUT2D eigenvalue weighted by atomic mass is 10.0. The van der Waals surface area contributed by atoms with Gasteiger partial charge in [0, 0.05) is 4.90 Å². The van der Waals surface area contributed by atoms with Crippen LogP contribution < -0.4 is 5.73 Å². The van der Waals surface area contributed by atoms with E-state index >= 15 is 0 Å². The number of thioether (sulfide) groups is 1. The van der Waals surface area contributed by atoms with Crippen LogP contribution in [0.15, 0.2) is 23.1 Å². The number of hydrogen-bond donors (Lipinski definition) is 2. The van der Waals surface area contributed by atoms with E-state index in [1.54, 1.807) is 11.8 Å². The smallest absolute Gasteiger partial charge is 0.320 e. The van der Waals surface area contributed by atoms with Gasteiger partial charge in [0.15, 0.2) is 0 Å². The first-order valence-corrected chi connectivity index (χ1v) is 5.89. The summed E-state index contributed by atoms with van der Waals surface area (Å²) >= 11 is 1.68. The first-order chi connectivity index (χ1) is 7.04. The second-order valence-electron chi connectivity index (χ2n) is 3.45. The summed E-state index contributed by atoms with van der Waals surface area (Å²) in [6, 6.07) is 5.12. The molecule has 15 heavy (non-hydrogen) atoms. The third-order valence-electron chi connectivity index (χ3n) is 2.23. The molecule has 0 aliphatic rings. The van der Waals surface area contributed by atoms with Gasteiger partial charge in [-0.25, -0.2) is 0 Å². The van der Waals surface area contributed by atoms with Crippen molar-refractivity contribution >= 4 is 17.7 Å². The monoisotopic (exact) mass is 225 g/mol. The quantitative estimate of drug-likeness (QED) is 0.765. The van der Waals surface area contributed by atoms with Crippen LogP contribution in [0.25, 0.3) is 0 Å². The minimum atomic E-state index is -0.957. The summed E-state index contributed by atoms with van der Waals surface area (Å²) < 4.78 is 0. The Balaban J connectivity index is 2.79. The number of aryl methyl sites for hydroxylation is 1. The molecule has 1 unspecified atom stereocenters. The molecule has 0 amide bonds. The van der Waals surface area contributed by atoms with Crippen molar-refractivity contribution in [1.29, 1.82) is 0 Å². The highest BCUT2D eigenvalue weighted by Gasteiger charge is 2.12. The maximum absolute atomic E-state index is 10.6. The van der Waals surface area contributed by atoms with Gasteiger partial charge in [-0.15, -0.1) is 11.8 Å². The fourth-order valence-corrected chi connectivity index (χ4v) is 1.99. The molecule has 0 spiro atoms. The topological polar surface area (TPSA) is 63.3 Å². The third kappa shape index (κ3) is 3.25. The van der Waals surface area contributed by atoms with E-state index in [1.807, 2.05) is 31.4 Å². The van der Waals surface area contributed by atoms with Crippen molar-refractivity contribution in [3.8, 4) is 0 Å². The number of nitrogens with two attached hydrogens (primary N) is 1. The van der Waals surface area contributed by atoms with Gasteiger partial charge >= 0.3 is 5.97 Å². The molecule has 82 valence electrons. The minimum Gasteiger partial charge on any atom is -0.480 e. The summed E-state index contributed by atoms with van der Waals surface area (Å²) in [6.45, 7) is 2.02. The molecule has 1 rings (SSSR count). The number of carbonyl (C=O) groups is 1. The predicted octanol–water partition coefficient (Wildman–Crippen LogP) is 1.67. The number of benzene rings is 1. The Morgan fingerprint density at radius 3 is 2.73 bits per heavy atom. The molecular formula is C11H15NO2S. The number of rotatable bonds is 4. The molecular weight excluding hydrogens is 210 g/mol. The van der Waals surface area contributed by atoms with Gasteiger partial charge in [0.05, 0.1) is 0 Å². The van der Waals surface area contributed by atoms with Crippen LogP contribution in [0.3, 0.4) is 0 Å². The lowest BCUT2D eigenvalue weighted by Gasteiger charge is -2.09. The minimum absolute atomic E-state index is 0.380. The lowest BCUT2D eigenvalue weighted by Crippen LogP contribution is -2.32. The van der Waals surface area contributed by atoms with Gasteiger partial charge in [-0.2, -0.15) is 0 Å². The number of carboxylic acids is 1. The normalized spacial score (nSPS) is 12.5. The van der Waals surface area contributed by atoms with Gasteiger partial charge < -0.3 is 10.8 Å². The summed E-state index contributed by atoms with van der Waals surface area (Å²) in [5.74, 6) is -0.957. The largest absolute Gasteiger partial charge is 0.480 e. The molecule has 1 atom stereocenters. The standard InChI is InChI=1S/C11H15NO2S/c1-7-5-8(3-4-10(7)15-2)6-9(12)11(13)14/h3-5,9H,6,12H2,1-2H3,(H,13,14). The van der Waals surface area contributed by atoms with Crippen molar-refractivity contribution in [2.45, 2.75) is 24.3 Å². The van der Waals surface area contributed by atoms with E-state index in [4.69, 9.17) is 10.8 Å². The van der Waals surface area contributed by atoms with Crippen LogP contribution in [-0.4, -0.2) is 23.4 Å². The van der Waals surface area contributed by atoms with Gasteiger partial charge in [0.1, 0.15) is 6.04 Å². The van der Waals surface area contributed by atoms with Gasteiger partial charge in [-0.3, -0.25) is 4.79 Å². The summed E-state index contributed by atoms with van der Waals surface area (Å²) in [7, 11) is 0. The molecule has 0 heterocycles. The first-order valence-electron chi connectivity index (χ1n) is 4.66. The molecule has 1 aromatic carbocycles. The fraction of sp³-hybridized carbons (Fsp3) is 0.364. The Morgan fingerprint density at radius 2 is 2.27 bits per heavy atom. The molecule has 0 radical (unpaired) electrons. The van der Waals surface area contributed by atoms with Crippen LogP contribution in [0.1, 0.15) is 11.1 Å². The van der Waals surface area contributed by atoms with E-state index in [1.165, 1.54) is 4.90 Å². The number of hydrogen-bond acceptors (Lipinski definition) is 3. The number of carboxylic acid groups (broad SMARTS) is 1. The van der Waals surface area contributed by atoms with E-state index in [2.05, 4.69) is 0 Å². The van der Waals surface area contributed by atoms with E-state index in [9.17, 15) is 4.79 Å². The van der Waals surface area contributed by atoms with Crippen LogP contribution in [-0.2, 0) is 11.2 Å². The maximum Gasteiger partial charge on any atom is 0.320 e. The molecule has 3 nitrogen and oxygen atoms in total. The van der Waals surface area contributed by atoms with Crippen molar-refractivity contribution < 1.29 is 9.90 Å². The lowest BCUT2D eigenvalue weighted by molar-refractivity contribution is -0.138. The molecule has 0 fully saturated rings. The zero-order valence-electron chi connectivity index (χ0n) is 8.86. The average Bonchev–Trinajstić information content (AvgIpc) is 2.18. The van der Waals surface area contributed by atoms with Crippen molar-refractivity contribution in [2.24, 2.45) is 5.73 Å². The van der Waals surface area contributed by atoms with Gasteiger partial charge in [-0.1, -0.05) is 12.1 Å². The predicted molar refractivity (Wildman–Crippen MR) is 62.3 cm³/mol. The maximum atomic E-state index is 10.6. The molecule has 0 aromatic heterocycles. The van der Waals surface area contributed by atoms with E-state index in [0.717, 1.165) is 11.1 Å². The average molecular weight is 225 g/mol. The molecule has 1 aromatic rings. The third-order valence-corrected chi connectivity index (χ3v) is 3.13. The summed E-state index contributed by atoms with van der Waals surface area (Å²) in [4.78, 5) is 11.8.